The topological polar surface area (TPSA) is 105 Å². The predicted octanol–water partition coefficient (Wildman–Crippen LogP) is 1.17. The Kier molecular flexibility index (Phi) is 6.94. The highest BCUT2D eigenvalue weighted by Crippen LogP contribution is 2.12. The van der Waals surface area contributed by atoms with Crippen molar-refractivity contribution in [2.75, 3.05) is 7.11 Å². The molecule has 2 rings (SSSR count). The maximum Gasteiger partial charge on any atom is 0.323 e. The van der Waals surface area contributed by atoms with Gasteiger partial charge in [-0.25, -0.2) is 0 Å². The zero-order chi connectivity index (χ0) is 18.2. The molecule has 5 N–H and O–H groups in total. The van der Waals surface area contributed by atoms with Crippen molar-refractivity contribution in [2.45, 2.75) is 31.2 Å². The monoisotopic (exact) mass is 344 g/mol. The molecule has 0 bridgehead atoms. The molecule has 0 fully saturated rings. The molecule has 0 amide bonds. The molecule has 0 aromatic heterocycles. The molecule has 0 heterocycles. The van der Waals surface area contributed by atoms with Crippen LogP contribution < -0.4 is 15.8 Å². The lowest BCUT2D eigenvalue weighted by molar-refractivity contribution is -0.143. The Labute approximate surface area is 147 Å². The molecular weight excluding hydrogens is 320 g/mol. The van der Waals surface area contributed by atoms with Crippen molar-refractivity contribution in [1.29, 1.82) is 0 Å². The average Bonchev–Trinajstić information content (AvgIpc) is 2.62. The molecule has 3 unspecified atom stereocenters. The van der Waals surface area contributed by atoms with Crippen LogP contribution in [-0.2, 0) is 17.8 Å². The van der Waals surface area contributed by atoms with Gasteiger partial charge in [-0.05, 0) is 29.7 Å². The van der Waals surface area contributed by atoms with Crippen LogP contribution in [0.5, 0.6) is 5.75 Å². The van der Waals surface area contributed by atoms with E-state index in [4.69, 9.17) is 10.5 Å². The second-order valence-electron chi connectivity index (χ2n) is 5.89. The van der Waals surface area contributed by atoms with Gasteiger partial charge in [0.15, 0.2) is 0 Å². The molecule has 134 valence electrons. The van der Waals surface area contributed by atoms with Crippen LogP contribution in [0, 0.1) is 0 Å². The number of carbonyl (C=O) groups is 1. The Balaban J connectivity index is 1.97. The SMILES string of the molecule is COc1ccc(CNC(C(=O)O)C(O)C(N)Cc2ccccc2)cc1. The molecule has 3 atom stereocenters. The van der Waals surface area contributed by atoms with Gasteiger partial charge in [0.05, 0.1) is 13.2 Å². The van der Waals surface area contributed by atoms with Gasteiger partial charge in [0.1, 0.15) is 11.8 Å². The van der Waals surface area contributed by atoms with Crippen molar-refractivity contribution >= 4 is 5.97 Å². The van der Waals surface area contributed by atoms with Crippen LogP contribution in [0.4, 0.5) is 0 Å². The number of aliphatic carboxylic acids is 1. The van der Waals surface area contributed by atoms with Gasteiger partial charge in [-0.15, -0.1) is 0 Å². The van der Waals surface area contributed by atoms with Crippen LogP contribution in [-0.4, -0.2) is 41.5 Å². The lowest BCUT2D eigenvalue weighted by atomic mass is 9.97. The number of hydrogen-bond donors (Lipinski definition) is 4. The van der Waals surface area contributed by atoms with Crippen LogP contribution in [0.25, 0.3) is 0 Å². The van der Waals surface area contributed by atoms with Crippen LogP contribution in [0.1, 0.15) is 11.1 Å². The quantitative estimate of drug-likeness (QED) is 0.544. The first-order valence-electron chi connectivity index (χ1n) is 8.08. The van der Waals surface area contributed by atoms with E-state index in [2.05, 4.69) is 5.32 Å². The summed E-state index contributed by atoms with van der Waals surface area (Å²) in [5.74, 6) is -0.409. The number of carboxylic acid groups (broad SMARTS) is 1. The first kappa shape index (κ1) is 18.9. The van der Waals surface area contributed by atoms with Gasteiger partial charge >= 0.3 is 5.97 Å². The Morgan fingerprint density at radius 2 is 1.76 bits per heavy atom. The molecule has 25 heavy (non-hydrogen) atoms. The lowest BCUT2D eigenvalue weighted by Gasteiger charge is -2.25. The zero-order valence-electron chi connectivity index (χ0n) is 14.1. The smallest absolute Gasteiger partial charge is 0.323 e. The fourth-order valence-corrected chi connectivity index (χ4v) is 2.58. The van der Waals surface area contributed by atoms with E-state index in [9.17, 15) is 15.0 Å². The van der Waals surface area contributed by atoms with E-state index in [1.807, 2.05) is 42.5 Å². The third-order valence-corrected chi connectivity index (χ3v) is 4.05. The zero-order valence-corrected chi connectivity index (χ0v) is 14.1. The predicted molar refractivity (Wildman–Crippen MR) is 95.4 cm³/mol. The highest BCUT2D eigenvalue weighted by Gasteiger charge is 2.30. The molecule has 0 saturated carbocycles. The third-order valence-electron chi connectivity index (χ3n) is 4.05. The van der Waals surface area contributed by atoms with Crippen LogP contribution in [0.2, 0.25) is 0 Å². The number of aliphatic hydroxyl groups excluding tert-OH is 1. The molecule has 0 aliphatic carbocycles. The number of methoxy groups -OCH3 is 1. The van der Waals surface area contributed by atoms with E-state index >= 15 is 0 Å². The molecule has 0 aliphatic rings. The summed E-state index contributed by atoms with van der Waals surface area (Å²) in [5, 5.41) is 22.7. The molecule has 0 aliphatic heterocycles. The summed E-state index contributed by atoms with van der Waals surface area (Å²) in [6.45, 7) is 0.302. The normalized spacial score (nSPS) is 14.5. The first-order chi connectivity index (χ1) is 12.0. The summed E-state index contributed by atoms with van der Waals surface area (Å²) in [6, 6.07) is 14.9. The standard InChI is InChI=1S/C19H24N2O4/c1-25-15-9-7-14(8-10-15)12-21-17(19(23)24)18(22)16(20)11-13-5-3-2-4-6-13/h2-10,16-18,21-22H,11-12,20H2,1H3,(H,23,24). The molecule has 0 radical (unpaired) electrons. The highest BCUT2D eigenvalue weighted by atomic mass is 16.5. The number of ether oxygens (including phenoxy) is 1. The molecule has 6 heteroatoms. The number of carboxylic acids is 1. The summed E-state index contributed by atoms with van der Waals surface area (Å²) in [4.78, 5) is 11.5. The van der Waals surface area contributed by atoms with Crippen molar-refractivity contribution in [3.8, 4) is 5.75 Å². The van der Waals surface area contributed by atoms with Crippen LogP contribution in [0.3, 0.4) is 0 Å². The van der Waals surface area contributed by atoms with Crippen molar-refractivity contribution in [1.82, 2.24) is 5.32 Å². The van der Waals surface area contributed by atoms with Crippen molar-refractivity contribution in [2.24, 2.45) is 5.73 Å². The van der Waals surface area contributed by atoms with E-state index in [0.717, 1.165) is 16.9 Å². The van der Waals surface area contributed by atoms with Gasteiger partial charge in [0, 0.05) is 12.6 Å². The number of nitrogens with two attached hydrogens (primary N) is 1. The summed E-state index contributed by atoms with van der Waals surface area (Å²) in [7, 11) is 1.58. The van der Waals surface area contributed by atoms with Gasteiger partial charge in [0.2, 0.25) is 0 Å². The number of benzene rings is 2. The van der Waals surface area contributed by atoms with E-state index < -0.39 is 24.2 Å². The van der Waals surface area contributed by atoms with E-state index in [0.29, 0.717) is 13.0 Å². The van der Waals surface area contributed by atoms with Gasteiger partial charge in [-0.1, -0.05) is 42.5 Å². The Bertz CT molecular complexity index is 661. The fourth-order valence-electron chi connectivity index (χ4n) is 2.58. The second kappa shape index (κ2) is 9.17. The molecule has 0 saturated heterocycles. The Morgan fingerprint density at radius 3 is 2.32 bits per heavy atom. The molecular formula is C19H24N2O4. The maximum atomic E-state index is 11.5. The van der Waals surface area contributed by atoms with E-state index in [1.54, 1.807) is 19.2 Å². The van der Waals surface area contributed by atoms with Crippen molar-refractivity contribution in [3.05, 3.63) is 65.7 Å². The van der Waals surface area contributed by atoms with Gasteiger partial charge in [-0.3, -0.25) is 10.1 Å². The van der Waals surface area contributed by atoms with E-state index in [1.165, 1.54) is 0 Å². The Hall–Kier alpha value is -2.41. The minimum atomic E-state index is -1.21. The molecule has 2 aromatic rings. The Morgan fingerprint density at radius 1 is 1.12 bits per heavy atom. The largest absolute Gasteiger partial charge is 0.497 e. The van der Waals surface area contributed by atoms with Gasteiger partial charge < -0.3 is 20.7 Å². The van der Waals surface area contributed by atoms with E-state index in [-0.39, 0.29) is 0 Å². The number of nitrogens with one attached hydrogen (secondary N) is 1. The lowest BCUT2D eigenvalue weighted by Crippen LogP contribution is -2.54. The average molecular weight is 344 g/mol. The van der Waals surface area contributed by atoms with Gasteiger partial charge in [0.25, 0.3) is 0 Å². The summed E-state index contributed by atoms with van der Waals surface area (Å²) < 4.78 is 5.09. The number of aliphatic hydroxyl groups is 1. The third kappa shape index (κ3) is 5.56. The fraction of sp³-hybridized carbons (Fsp3) is 0.316. The number of rotatable bonds is 9. The summed E-state index contributed by atoms with van der Waals surface area (Å²) >= 11 is 0. The van der Waals surface area contributed by atoms with Gasteiger partial charge in [-0.2, -0.15) is 0 Å². The van der Waals surface area contributed by atoms with Crippen LogP contribution in [0.15, 0.2) is 54.6 Å². The summed E-state index contributed by atoms with van der Waals surface area (Å²) in [5.41, 5.74) is 7.86. The van der Waals surface area contributed by atoms with Crippen LogP contribution >= 0.6 is 0 Å². The first-order valence-corrected chi connectivity index (χ1v) is 8.08. The maximum absolute atomic E-state index is 11.5. The highest BCUT2D eigenvalue weighted by molar-refractivity contribution is 5.74. The molecule has 0 spiro atoms. The molecule has 6 nitrogen and oxygen atoms in total. The number of hydrogen-bond acceptors (Lipinski definition) is 5. The molecule has 2 aromatic carbocycles. The van der Waals surface area contributed by atoms with Crippen molar-refractivity contribution < 1.29 is 19.7 Å². The minimum Gasteiger partial charge on any atom is -0.497 e. The van der Waals surface area contributed by atoms with Crippen molar-refractivity contribution in [3.63, 3.8) is 0 Å². The second-order valence-corrected chi connectivity index (χ2v) is 5.89. The summed E-state index contributed by atoms with van der Waals surface area (Å²) in [6.07, 6.45) is -0.813. The minimum absolute atomic E-state index is 0.302.